The first-order valence-electron chi connectivity index (χ1n) is 9.04. The zero-order valence-electron chi connectivity index (χ0n) is 15.8. The Morgan fingerprint density at radius 1 is 1.16 bits per heavy atom. The van der Waals surface area contributed by atoms with Crippen LogP contribution in [0.2, 0.25) is 0 Å². The van der Waals surface area contributed by atoms with Crippen LogP contribution in [0.25, 0.3) is 0 Å². The van der Waals surface area contributed by atoms with Crippen molar-refractivity contribution in [3.05, 3.63) is 53.6 Å². The lowest BCUT2D eigenvalue weighted by molar-refractivity contribution is 0.356. The van der Waals surface area contributed by atoms with Crippen molar-refractivity contribution in [3.63, 3.8) is 0 Å². The van der Waals surface area contributed by atoms with Gasteiger partial charge < -0.3 is 10.0 Å². The predicted molar refractivity (Wildman–Crippen MR) is 107 cm³/mol. The van der Waals surface area contributed by atoms with Gasteiger partial charge in [-0.1, -0.05) is 13.0 Å². The molecule has 0 aliphatic carbocycles. The Morgan fingerprint density at radius 3 is 2.48 bits per heavy atom. The fraction of sp³-hybridized carbons (Fsp3) is 0.409. The van der Waals surface area contributed by atoms with E-state index in [1.807, 2.05) is 18.3 Å². The Bertz CT molecular complexity index is 775. The number of benzene rings is 2. The van der Waals surface area contributed by atoms with Gasteiger partial charge >= 0.3 is 0 Å². The van der Waals surface area contributed by atoms with Gasteiger partial charge in [-0.15, -0.1) is 0 Å². The lowest BCUT2D eigenvalue weighted by atomic mass is 9.79. The summed E-state index contributed by atoms with van der Waals surface area (Å²) in [6.07, 6.45) is 3.05. The molecule has 3 rings (SSSR count). The van der Waals surface area contributed by atoms with E-state index >= 15 is 0 Å². The van der Waals surface area contributed by atoms with Gasteiger partial charge in [0, 0.05) is 23.5 Å². The molecule has 0 radical (unpaired) electrons. The number of rotatable bonds is 3. The Labute approximate surface area is 151 Å². The number of anilines is 1. The molecule has 1 aliphatic rings. The van der Waals surface area contributed by atoms with Crippen LogP contribution < -0.4 is 4.90 Å². The van der Waals surface area contributed by atoms with Gasteiger partial charge in [-0.25, -0.2) is 0 Å². The molecule has 0 aromatic heterocycles. The zero-order valence-corrected chi connectivity index (χ0v) is 15.8. The highest BCUT2D eigenvalue weighted by Gasteiger charge is 2.37. The van der Waals surface area contributed by atoms with Crippen molar-refractivity contribution in [1.82, 2.24) is 0 Å². The zero-order chi connectivity index (χ0) is 18.2. The van der Waals surface area contributed by atoms with Gasteiger partial charge in [-0.3, -0.25) is 4.99 Å². The number of aromatic hydroxyl groups is 1. The fourth-order valence-corrected chi connectivity index (χ4v) is 4.22. The Morgan fingerprint density at radius 2 is 1.84 bits per heavy atom. The maximum absolute atomic E-state index is 9.36. The summed E-state index contributed by atoms with van der Waals surface area (Å²) in [5.41, 5.74) is 4.88. The van der Waals surface area contributed by atoms with Crippen LogP contribution in [0, 0.1) is 0 Å². The molecular formula is C22H28N2O. The average molecular weight is 336 g/mol. The van der Waals surface area contributed by atoms with Crippen LogP contribution in [0.1, 0.15) is 58.1 Å². The van der Waals surface area contributed by atoms with Crippen LogP contribution in [-0.2, 0) is 0 Å². The second-order valence-electron chi connectivity index (χ2n) is 7.97. The van der Waals surface area contributed by atoms with E-state index in [-0.39, 0.29) is 11.3 Å². The third-order valence-electron chi connectivity index (χ3n) is 5.03. The van der Waals surface area contributed by atoms with Gasteiger partial charge in [0.25, 0.3) is 0 Å². The summed E-state index contributed by atoms with van der Waals surface area (Å²) in [7, 11) is 0. The molecule has 0 saturated heterocycles. The van der Waals surface area contributed by atoms with E-state index in [1.165, 1.54) is 11.3 Å². The maximum Gasteiger partial charge on any atom is 0.115 e. The molecule has 1 heterocycles. The van der Waals surface area contributed by atoms with Gasteiger partial charge in [-0.2, -0.15) is 0 Å². The van der Waals surface area contributed by atoms with E-state index in [9.17, 15) is 5.11 Å². The first-order chi connectivity index (χ1) is 11.8. The van der Waals surface area contributed by atoms with Gasteiger partial charge in [-0.05, 0) is 87.6 Å². The highest BCUT2D eigenvalue weighted by atomic mass is 16.3. The number of nitrogens with zero attached hydrogens (tertiary/aromatic N) is 2. The first-order valence-corrected chi connectivity index (χ1v) is 9.04. The number of phenols is 1. The number of hydrogen-bond donors (Lipinski definition) is 1. The highest BCUT2D eigenvalue weighted by Crippen LogP contribution is 2.44. The van der Waals surface area contributed by atoms with E-state index in [1.54, 1.807) is 12.1 Å². The van der Waals surface area contributed by atoms with Gasteiger partial charge in [0.1, 0.15) is 5.75 Å². The van der Waals surface area contributed by atoms with Crippen LogP contribution in [0.4, 0.5) is 11.4 Å². The molecule has 0 fully saturated rings. The molecule has 3 nitrogen and oxygen atoms in total. The van der Waals surface area contributed by atoms with Crippen LogP contribution in [0.3, 0.4) is 0 Å². The minimum atomic E-state index is 0.169. The fourth-order valence-electron chi connectivity index (χ4n) is 4.22. The standard InChI is InChI=1S/C22H28N2O/c1-15(2)24-21-11-6-17(12-20(21)16(3)13-22(24,4)5)14-23-18-7-9-19(25)10-8-18/h6-12,14-16,25H,13H2,1-5H3/t16-/m1/s1. The molecule has 1 N–H and O–H groups in total. The Hall–Kier alpha value is -2.29. The lowest BCUT2D eigenvalue weighted by Gasteiger charge is -2.50. The average Bonchev–Trinajstić information content (AvgIpc) is 2.53. The van der Waals surface area contributed by atoms with E-state index in [4.69, 9.17) is 0 Å². The predicted octanol–water partition coefficient (Wildman–Crippen LogP) is 5.64. The summed E-state index contributed by atoms with van der Waals surface area (Å²) in [4.78, 5) is 7.07. The SMILES string of the molecule is CC(C)N1c2ccc(C=Nc3ccc(O)cc3)cc2[C@H](C)CC1(C)C. The highest BCUT2D eigenvalue weighted by molar-refractivity contribution is 5.83. The second kappa shape index (κ2) is 6.55. The van der Waals surface area contributed by atoms with Gasteiger partial charge in [0.2, 0.25) is 0 Å². The van der Waals surface area contributed by atoms with Gasteiger partial charge in [0.15, 0.2) is 0 Å². The molecule has 132 valence electrons. The first kappa shape index (κ1) is 17.5. The van der Waals surface area contributed by atoms with E-state index in [2.05, 4.69) is 62.7 Å². The molecule has 0 spiro atoms. The Kier molecular flexibility index (Phi) is 4.59. The molecule has 2 aromatic rings. The minimum absolute atomic E-state index is 0.169. The third kappa shape index (κ3) is 3.55. The van der Waals surface area contributed by atoms with Crippen molar-refractivity contribution in [2.75, 3.05) is 4.90 Å². The van der Waals surface area contributed by atoms with Crippen molar-refractivity contribution in [1.29, 1.82) is 0 Å². The summed E-state index contributed by atoms with van der Waals surface area (Å²) in [6.45, 7) is 11.5. The van der Waals surface area contributed by atoms with Crippen LogP contribution >= 0.6 is 0 Å². The van der Waals surface area contributed by atoms with Crippen molar-refractivity contribution in [2.24, 2.45) is 4.99 Å². The van der Waals surface area contributed by atoms with E-state index in [0.29, 0.717) is 12.0 Å². The number of fused-ring (bicyclic) bond motifs is 1. The molecular weight excluding hydrogens is 308 g/mol. The van der Waals surface area contributed by atoms with Crippen molar-refractivity contribution >= 4 is 17.6 Å². The van der Waals surface area contributed by atoms with Crippen molar-refractivity contribution < 1.29 is 5.11 Å². The molecule has 1 atom stereocenters. The molecule has 1 aliphatic heterocycles. The summed E-state index contributed by atoms with van der Waals surface area (Å²) in [5.74, 6) is 0.792. The molecule has 0 amide bonds. The maximum atomic E-state index is 9.36. The van der Waals surface area contributed by atoms with Crippen molar-refractivity contribution in [3.8, 4) is 5.75 Å². The molecule has 25 heavy (non-hydrogen) atoms. The normalized spacial score (nSPS) is 19.4. The van der Waals surface area contributed by atoms with Gasteiger partial charge in [0.05, 0.1) is 5.69 Å². The minimum Gasteiger partial charge on any atom is -0.508 e. The number of hydrogen-bond acceptors (Lipinski definition) is 3. The monoisotopic (exact) mass is 336 g/mol. The molecule has 2 aromatic carbocycles. The topological polar surface area (TPSA) is 35.8 Å². The van der Waals surface area contributed by atoms with Crippen molar-refractivity contribution in [2.45, 2.75) is 58.5 Å². The largest absolute Gasteiger partial charge is 0.508 e. The molecule has 0 saturated carbocycles. The molecule has 0 unspecified atom stereocenters. The van der Waals surface area contributed by atoms with E-state index < -0.39 is 0 Å². The smallest absolute Gasteiger partial charge is 0.115 e. The molecule has 3 heteroatoms. The summed E-state index contributed by atoms with van der Waals surface area (Å²) < 4.78 is 0. The second-order valence-corrected chi connectivity index (χ2v) is 7.97. The van der Waals surface area contributed by atoms with Crippen LogP contribution in [0.15, 0.2) is 47.5 Å². The molecule has 0 bridgehead atoms. The van der Waals surface area contributed by atoms with Crippen LogP contribution in [0.5, 0.6) is 5.75 Å². The summed E-state index contributed by atoms with van der Waals surface area (Å²) in [6, 6.07) is 14.1. The van der Waals surface area contributed by atoms with Crippen LogP contribution in [-0.4, -0.2) is 22.9 Å². The third-order valence-corrected chi connectivity index (χ3v) is 5.03. The van der Waals surface area contributed by atoms with E-state index in [0.717, 1.165) is 17.7 Å². The number of phenolic OH excluding ortho intramolecular Hbond substituents is 1. The number of aliphatic imine (C=N–C) groups is 1. The summed E-state index contributed by atoms with van der Waals surface area (Å²) >= 11 is 0. The summed E-state index contributed by atoms with van der Waals surface area (Å²) in [5, 5.41) is 9.36. The Balaban J connectivity index is 1.93. The lowest BCUT2D eigenvalue weighted by Crippen LogP contribution is -2.51. The quantitative estimate of drug-likeness (QED) is 0.736.